The van der Waals surface area contributed by atoms with Crippen LogP contribution in [-0.4, -0.2) is 66.5 Å². The highest BCUT2D eigenvalue weighted by molar-refractivity contribution is 5.99. The molecule has 1 unspecified atom stereocenters. The number of aryl methyl sites for hydroxylation is 2. The third-order valence-electron chi connectivity index (χ3n) is 6.20. The molecule has 0 aliphatic carbocycles. The van der Waals surface area contributed by atoms with Gasteiger partial charge in [0.15, 0.2) is 5.78 Å². The van der Waals surface area contributed by atoms with E-state index in [1.807, 2.05) is 36.7 Å². The number of hydrogen-bond acceptors (Lipinski definition) is 6. The number of morpholine rings is 1. The molecular weight excluding hydrogens is 420 g/mol. The number of benzene rings is 1. The van der Waals surface area contributed by atoms with Crippen molar-refractivity contribution in [1.82, 2.24) is 14.7 Å². The Bertz CT molecular complexity index is 1020. The highest BCUT2D eigenvalue weighted by Gasteiger charge is 2.28. The molecule has 0 bridgehead atoms. The smallest absolute Gasteiger partial charge is 0.232 e. The number of rotatable bonds is 9. The van der Waals surface area contributed by atoms with Crippen molar-refractivity contribution < 1.29 is 19.3 Å². The number of ether oxygens (including phenoxy) is 2. The Kier molecular flexibility index (Phi) is 7.60. The van der Waals surface area contributed by atoms with Gasteiger partial charge in [-0.3, -0.25) is 9.69 Å². The van der Waals surface area contributed by atoms with Crippen LogP contribution in [0.3, 0.4) is 0 Å². The summed E-state index contributed by atoms with van der Waals surface area (Å²) in [7, 11) is 0. The maximum atomic E-state index is 13.2. The Morgan fingerprint density at radius 2 is 2.03 bits per heavy atom. The highest BCUT2D eigenvalue weighted by Crippen LogP contribution is 2.33. The Morgan fingerprint density at radius 3 is 2.73 bits per heavy atom. The van der Waals surface area contributed by atoms with Crippen LogP contribution in [0.15, 0.2) is 18.2 Å². The average molecular weight is 455 g/mol. The predicted molar refractivity (Wildman–Crippen MR) is 128 cm³/mol. The van der Waals surface area contributed by atoms with Crippen LogP contribution >= 0.6 is 0 Å². The molecule has 2 aromatic rings. The maximum absolute atomic E-state index is 13.2. The number of nitrogens with zero attached hydrogens (tertiary/aromatic N) is 3. The number of Topliss-reactive ketones (excluding diaryl/α,β-unsaturated/α-hetero) is 1. The molecule has 1 aromatic heterocycles. The van der Waals surface area contributed by atoms with Crippen molar-refractivity contribution in [3.63, 3.8) is 0 Å². The molecule has 178 valence electrons. The van der Waals surface area contributed by atoms with Crippen LogP contribution in [0.5, 0.6) is 5.75 Å². The van der Waals surface area contributed by atoms with E-state index >= 15 is 0 Å². The van der Waals surface area contributed by atoms with Crippen LogP contribution in [-0.2, 0) is 17.7 Å². The number of ketones is 1. The fraction of sp³-hybridized carbons (Fsp3) is 0.520. The number of hydroxylamine groups is 1. The topological polar surface area (TPSA) is 84.1 Å². The Morgan fingerprint density at radius 1 is 1.24 bits per heavy atom. The van der Waals surface area contributed by atoms with Gasteiger partial charge in [0.05, 0.1) is 37.6 Å². The van der Waals surface area contributed by atoms with Crippen molar-refractivity contribution in [3.05, 3.63) is 45.8 Å². The fourth-order valence-electron chi connectivity index (χ4n) is 4.57. The van der Waals surface area contributed by atoms with Gasteiger partial charge in [-0.05, 0) is 44.5 Å². The molecular formula is C25H34N4O4. The number of quaternary nitrogens is 1. The molecule has 0 amide bonds. The van der Waals surface area contributed by atoms with Gasteiger partial charge in [-0.15, -0.1) is 0 Å². The first kappa shape index (κ1) is 23.6. The molecule has 0 saturated carbocycles. The summed E-state index contributed by atoms with van der Waals surface area (Å²) in [6.45, 7) is 10.7. The number of hydrogen-bond donors (Lipinski definition) is 1. The van der Waals surface area contributed by atoms with E-state index in [2.05, 4.69) is 17.9 Å². The van der Waals surface area contributed by atoms with Crippen molar-refractivity contribution in [3.8, 4) is 5.75 Å². The summed E-state index contributed by atoms with van der Waals surface area (Å²) in [5.41, 5.74) is 4.20. The standard InChI is InChI=1S/C25H34N4O4/c1-4-7-22-21-15-19(16-29(31)25(21)28(5-2)26-22)20-14-18(8-9-24(20)33-6-3)23(30)17-27-10-12-32-13-11-27/h8-9,14-15,29H,4-7,10-13,16-17H2,1-3H3. The summed E-state index contributed by atoms with van der Waals surface area (Å²) >= 11 is 0. The van der Waals surface area contributed by atoms with Gasteiger partial charge in [0.1, 0.15) is 12.3 Å². The second-order valence-corrected chi connectivity index (χ2v) is 8.50. The van der Waals surface area contributed by atoms with Crippen LogP contribution < -0.4 is 9.80 Å². The van der Waals surface area contributed by atoms with Gasteiger partial charge in [-0.1, -0.05) is 13.3 Å². The lowest BCUT2D eigenvalue weighted by Crippen LogP contribution is -3.03. The lowest BCUT2D eigenvalue weighted by Gasteiger charge is -2.28. The molecule has 2 aliphatic heterocycles. The minimum atomic E-state index is 0.0618. The van der Waals surface area contributed by atoms with Gasteiger partial charge in [0.2, 0.25) is 5.82 Å². The van der Waals surface area contributed by atoms with Gasteiger partial charge >= 0.3 is 0 Å². The Balaban J connectivity index is 1.71. The van der Waals surface area contributed by atoms with Gasteiger partial charge in [0.25, 0.3) is 0 Å². The fourth-order valence-corrected chi connectivity index (χ4v) is 4.57. The second kappa shape index (κ2) is 10.6. The van der Waals surface area contributed by atoms with Crippen LogP contribution in [0.2, 0.25) is 0 Å². The molecule has 1 atom stereocenters. The van der Waals surface area contributed by atoms with E-state index < -0.39 is 0 Å². The monoisotopic (exact) mass is 454 g/mol. The largest absolute Gasteiger partial charge is 0.627 e. The van der Waals surface area contributed by atoms with Gasteiger partial charge in [-0.25, -0.2) is 4.68 Å². The minimum absolute atomic E-state index is 0.0618. The maximum Gasteiger partial charge on any atom is 0.232 e. The molecule has 0 spiro atoms. The first-order valence-electron chi connectivity index (χ1n) is 12.0. The van der Waals surface area contributed by atoms with E-state index in [0.29, 0.717) is 50.0 Å². The van der Waals surface area contributed by atoms with Crippen molar-refractivity contribution in [2.24, 2.45) is 0 Å². The van der Waals surface area contributed by atoms with Crippen LogP contribution in [0, 0.1) is 5.21 Å². The minimum Gasteiger partial charge on any atom is -0.627 e. The predicted octanol–water partition coefficient (Wildman–Crippen LogP) is 2.34. The van der Waals surface area contributed by atoms with Crippen molar-refractivity contribution in [2.45, 2.75) is 40.2 Å². The number of fused-ring (bicyclic) bond motifs is 1. The lowest BCUT2D eigenvalue weighted by molar-refractivity contribution is -0.771. The molecule has 8 nitrogen and oxygen atoms in total. The molecule has 3 heterocycles. The van der Waals surface area contributed by atoms with Crippen LogP contribution in [0.1, 0.15) is 54.4 Å². The summed E-state index contributed by atoms with van der Waals surface area (Å²) < 4.78 is 13.1. The van der Waals surface area contributed by atoms with Crippen molar-refractivity contribution in [2.75, 3.05) is 46.0 Å². The summed E-state index contributed by atoms with van der Waals surface area (Å²) in [6.07, 6.45) is 3.86. The quantitative estimate of drug-likeness (QED) is 0.463. The zero-order valence-corrected chi connectivity index (χ0v) is 19.9. The lowest BCUT2D eigenvalue weighted by atomic mass is 9.95. The van der Waals surface area contributed by atoms with E-state index in [4.69, 9.17) is 14.6 Å². The number of carbonyl (C=O) groups is 1. The van der Waals surface area contributed by atoms with E-state index in [0.717, 1.165) is 48.3 Å². The Labute approximate surface area is 195 Å². The molecule has 1 fully saturated rings. The summed E-state index contributed by atoms with van der Waals surface area (Å²) in [5.74, 6) is 1.46. The molecule has 1 aromatic carbocycles. The van der Waals surface area contributed by atoms with Crippen LogP contribution in [0.4, 0.5) is 5.82 Å². The molecule has 4 rings (SSSR count). The highest BCUT2D eigenvalue weighted by atomic mass is 16.5. The molecule has 2 aliphatic rings. The summed E-state index contributed by atoms with van der Waals surface area (Å²) in [6, 6.07) is 5.57. The molecule has 1 N–H and O–H groups in total. The molecule has 0 radical (unpaired) electrons. The van der Waals surface area contributed by atoms with Crippen molar-refractivity contribution >= 4 is 23.3 Å². The van der Waals surface area contributed by atoms with Gasteiger partial charge in [0, 0.05) is 36.3 Å². The van der Waals surface area contributed by atoms with E-state index in [1.54, 1.807) is 0 Å². The van der Waals surface area contributed by atoms with Gasteiger partial charge in [-0.2, -0.15) is 5.10 Å². The third kappa shape index (κ3) is 5.04. The van der Waals surface area contributed by atoms with E-state index in [-0.39, 0.29) is 17.4 Å². The normalized spacial score (nSPS) is 18.7. The third-order valence-corrected chi connectivity index (χ3v) is 6.20. The number of nitrogens with one attached hydrogen (secondary N) is 1. The molecule has 1 saturated heterocycles. The summed E-state index contributed by atoms with van der Waals surface area (Å²) in [4.78, 5) is 15.2. The number of carbonyl (C=O) groups excluding carboxylic acids is 1. The van der Waals surface area contributed by atoms with Gasteiger partial charge < -0.3 is 19.7 Å². The van der Waals surface area contributed by atoms with Crippen molar-refractivity contribution in [1.29, 1.82) is 0 Å². The zero-order chi connectivity index (χ0) is 23.4. The molecule has 33 heavy (non-hydrogen) atoms. The van der Waals surface area contributed by atoms with E-state index in [1.165, 1.54) is 0 Å². The zero-order valence-electron chi connectivity index (χ0n) is 19.9. The van der Waals surface area contributed by atoms with Crippen LogP contribution in [0.25, 0.3) is 11.6 Å². The SMILES string of the molecule is CCCc1nn(CC)c2c1C=C(c1cc(C(=O)CN3CCOCC3)ccc1OCC)C[NH+]2[O-]. The average Bonchev–Trinajstić information content (AvgIpc) is 3.18. The molecule has 8 heteroatoms. The van der Waals surface area contributed by atoms with E-state index in [9.17, 15) is 10.0 Å². The number of aromatic nitrogens is 2. The first-order chi connectivity index (χ1) is 16.0. The summed E-state index contributed by atoms with van der Waals surface area (Å²) in [5, 5.41) is 17.9. The Hall–Kier alpha value is -2.52. The first-order valence-corrected chi connectivity index (χ1v) is 12.0. The second-order valence-electron chi connectivity index (χ2n) is 8.50.